The molecule has 4 aromatic rings. The summed E-state index contributed by atoms with van der Waals surface area (Å²) in [6.07, 6.45) is 4.59. The van der Waals surface area contributed by atoms with Gasteiger partial charge in [-0.15, -0.1) is 0 Å². The van der Waals surface area contributed by atoms with Gasteiger partial charge in [0.2, 0.25) is 0 Å². The van der Waals surface area contributed by atoms with Gasteiger partial charge in [0.25, 0.3) is 0 Å². The summed E-state index contributed by atoms with van der Waals surface area (Å²) in [5.74, 6) is 0.531. The summed E-state index contributed by atoms with van der Waals surface area (Å²) in [5.41, 5.74) is 6.61. The van der Waals surface area contributed by atoms with E-state index in [1.165, 1.54) is 5.69 Å². The van der Waals surface area contributed by atoms with Gasteiger partial charge < -0.3 is 9.64 Å². The lowest BCUT2D eigenvalue weighted by molar-refractivity contribution is -0.830. The minimum absolute atomic E-state index is 0.0932. The summed E-state index contributed by atoms with van der Waals surface area (Å²) >= 11 is 0. The van der Waals surface area contributed by atoms with Crippen molar-refractivity contribution in [3.63, 3.8) is 0 Å². The number of amides is 1. The molecule has 8 heteroatoms. The van der Waals surface area contributed by atoms with E-state index in [0.29, 0.717) is 18.8 Å². The molecule has 0 saturated carbocycles. The van der Waals surface area contributed by atoms with Crippen molar-refractivity contribution in [1.82, 2.24) is 19.7 Å². The van der Waals surface area contributed by atoms with Crippen LogP contribution in [0.25, 0.3) is 22.2 Å². The van der Waals surface area contributed by atoms with E-state index in [2.05, 4.69) is 27.9 Å². The molecule has 0 bridgehead atoms. The fourth-order valence-electron chi connectivity index (χ4n) is 5.42. The summed E-state index contributed by atoms with van der Waals surface area (Å²) < 4.78 is 7.80. The van der Waals surface area contributed by atoms with Gasteiger partial charge in [0.15, 0.2) is 5.69 Å². The van der Waals surface area contributed by atoms with Crippen LogP contribution in [-0.4, -0.2) is 46.0 Å². The number of pyridine rings is 1. The molecule has 35 heavy (non-hydrogen) atoms. The van der Waals surface area contributed by atoms with Crippen molar-refractivity contribution in [3.05, 3.63) is 72.6 Å². The zero-order valence-corrected chi connectivity index (χ0v) is 19.7. The molecular weight excluding hydrogens is 442 g/mol. The number of nitrogens with zero attached hydrogens (tertiary/aromatic N) is 4. The summed E-state index contributed by atoms with van der Waals surface area (Å²) in [6, 6.07) is 19.8. The maximum atomic E-state index is 13.0. The number of ether oxygens (including phenoxy) is 1. The monoisotopic (exact) mass is 470 g/mol. The number of aromatic nitrogens is 3. The standard InChI is InChI=1S/C27H27N5O3/c1-34-30-21-7-9-22(10-8-21)35-26(33)31-14-12-27(18-31)11-4-13-32-25(27)16-24(29-32)20-15-19-5-2-3-6-23(19)28-17-20/h2-3,5-10,15-17,30H,4,11-14,18H2,1H3/p+1. The lowest BCUT2D eigenvalue weighted by atomic mass is 9.77. The predicted octanol–water partition coefficient (Wildman–Crippen LogP) is 3.79. The molecule has 1 atom stereocenters. The third-order valence-corrected chi connectivity index (χ3v) is 7.19. The number of carbonyl (C=O) groups is 1. The molecular formula is C27H28N5O3+. The number of hydrogen-bond acceptors (Lipinski definition) is 5. The van der Waals surface area contributed by atoms with Crippen LogP contribution in [0.15, 0.2) is 66.9 Å². The number of rotatable bonds is 4. The van der Waals surface area contributed by atoms with Crippen molar-refractivity contribution < 1.29 is 19.8 Å². The van der Waals surface area contributed by atoms with E-state index in [1.807, 2.05) is 41.4 Å². The second-order valence-electron chi connectivity index (χ2n) is 9.40. The number of hydrogen-bond donors (Lipinski definition) is 1. The van der Waals surface area contributed by atoms with E-state index >= 15 is 0 Å². The molecule has 1 unspecified atom stereocenters. The number of aryl methyl sites for hydroxylation is 1. The molecule has 4 heterocycles. The minimum atomic E-state index is -0.305. The molecule has 1 spiro atoms. The van der Waals surface area contributed by atoms with Crippen LogP contribution in [0.5, 0.6) is 5.75 Å². The molecule has 2 N–H and O–H groups in total. The topological polar surface area (TPSA) is 86.1 Å². The van der Waals surface area contributed by atoms with Gasteiger partial charge in [-0.2, -0.15) is 10.6 Å². The molecule has 2 aliphatic heterocycles. The van der Waals surface area contributed by atoms with Crippen molar-refractivity contribution in [3.8, 4) is 17.0 Å². The third-order valence-electron chi connectivity index (χ3n) is 7.19. The van der Waals surface area contributed by atoms with Gasteiger partial charge in [0, 0.05) is 60.0 Å². The lowest BCUT2D eigenvalue weighted by Crippen LogP contribution is -2.75. The van der Waals surface area contributed by atoms with Crippen LogP contribution in [0.3, 0.4) is 0 Å². The van der Waals surface area contributed by atoms with E-state index < -0.39 is 0 Å². The Morgan fingerprint density at radius 3 is 2.77 bits per heavy atom. The molecule has 1 fully saturated rings. The van der Waals surface area contributed by atoms with Crippen LogP contribution in [-0.2, 0) is 16.8 Å². The van der Waals surface area contributed by atoms with Gasteiger partial charge in [-0.1, -0.05) is 18.2 Å². The Morgan fingerprint density at radius 2 is 1.91 bits per heavy atom. The average molecular weight is 471 g/mol. The zero-order chi connectivity index (χ0) is 23.8. The van der Waals surface area contributed by atoms with Crippen LogP contribution < -0.4 is 10.2 Å². The highest BCUT2D eigenvalue weighted by Gasteiger charge is 2.45. The number of likely N-dealkylation sites (tertiary alicyclic amines) is 1. The van der Waals surface area contributed by atoms with Gasteiger partial charge >= 0.3 is 6.09 Å². The van der Waals surface area contributed by atoms with Crippen LogP contribution >= 0.6 is 0 Å². The predicted molar refractivity (Wildman–Crippen MR) is 131 cm³/mol. The second kappa shape index (κ2) is 8.79. The maximum absolute atomic E-state index is 13.0. The van der Waals surface area contributed by atoms with Crippen LogP contribution in [0.4, 0.5) is 10.5 Å². The molecule has 2 aromatic carbocycles. The molecule has 0 aliphatic carbocycles. The van der Waals surface area contributed by atoms with E-state index in [1.54, 1.807) is 24.7 Å². The van der Waals surface area contributed by atoms with E-state index in [-0.39, 0.29) is 11.5 Å². The fraction of sp³-hybridized carbons (Fsp3) is 0.296. The first kappa shape index (κ1) is 21.8. The maximum Gasteiger partial charge on any atom is 0.415 e. The smallest absolute Gasteiger partial charge is 0.410 e. The minimum Gasteiger partial charge on any atom is -0.410 e. The first-order valence-electron chi connectivity index (χ1n) is 12.0. The zero-order valence-electron chi connectivity index (χ0n) is 19.7. The molecule has 1 amide bonds. The Bertz CT molecular complexity index is 1380. The second-order valence-corrected chi connectivity index (χ2v) is 9.40. The number of benzene rings is 2. The SMILES string of the molecule is CO[NH2+]c1ccc(OC(=O)N2CCC3(CCCn4nc(-c5cnc6ccccc6c5)cc43)C2)cc1. The Morgan fingerprint density at radius 1 is 1.06 bits per heavy atom. The Hall–Kier alpha value is -3.75. The first-order chi connectivity index (χ1) is 17.1. The highest BCUT2D eigenvalue weighted by molar-refractivity contribution is 5.82. The van der Waals surface area contributed by atoms with Crippen molar-refractivity contribution >= 4 is 22.7 Å². The molecule has 8 nitrogen and oxygen atoms in total. The van der Waals surface area contributed by atoms with Crippen LogP contribution in [0, 0.1) is 0 Å². The fourth-order valence-corrected chi connectivity index (χ4v) is 5.42. The number of para-hydroxylation sites is 1. The average Bonchev–Trinajstić information content (AvgIpc) is 3.52. The highest BCUT2D eigenvalue weighted by Crippen LogP contribution is 2.43. The van der Waals surface area contributed by atoms with Crippen molar-refractivity contribution in [2.45, 2.75) is 31.2 Å². The number of nitrogens with two attached hydrogens (primary N) is 1. The molecule has 178 valence electrons. The number of carbonyl (C=O) groups excluding carboxylic acids is 1. The van der Waals surface area contributed by atoms with Crippen LogP contribution in [0.1, 0.15) is 25.0 Å². The summed E-state index contributed by atoms with van der Waals surface area (Å²) in [6.45, 7) is 2.21. The van der Waals surface area contributed by atoms with Crippen molar-refractivity contribution in [1.29, 1.82) is 0 Å². The van der Waals surface area contributed by atoms with E-state index in [4.69, 9.17) is 14.7 Å². The third kappa shape index (κ3) is 4.05. The summed E-state index contributed by atoms with van der Waals surface area (Å²) in [7, 11) is 1.61. The quantitative estimate of drug-likeness (QED) is 0.362. The Balaban J connectivity index is 1.22. The van der Waals surface area contributed by atoms with Gasteiger partial charge in [-0.3, -0.25) is 9.67 Å². The van der Waals surface area contributed by atoms with Crippen LogP contribution in [0.2, 0.25) is 0 Å². The normalized spacial score (nSPS) is 19.3. The summed E-state index contributed by atoms with van der Waals surface area (Å²) in [4.78, 5) is 24.4. The van der Waals surface area contributed by atoms with Gasteiger partial charge in [-0.25, -0.2) is 9.63 Å². The molecule has 0 radical (unpaired) electrons. The molecule has 6 rings (SSSR count). The Labute approximate surface area is 203 Å². The largest absolute Gasteiger partial charge is 0.415 e. The number of fused-ring (bicyclic) bond motifs is 3. The van der Waals surface area contributed by atoms with Gasteiger partial charge in [-0.05, 0) is 49.6 Å². The molecule has 2 aliphatic rings. The number of quaternary nitrogens is 1. The molecule has 1 saturated heterocycles. The molecule has 2 aromatic heterocycles. The van der Waals surface area contributed by atoms with E-state index in [0.717, 1.165) is 53.7 Å². The van der Waals surface area contributed by atoms with Gasteiger partial charge in [0.1, 0.15) is 5.75 Å². The first-order valence-corrected chi connectivity index (χ1v) is 12.0. The van der Waals surface area contributed by atoms with Crippen molar-refractivity contribution in [2.75, 3.05) is 20.2 Å². The van der Waals surface area contributed by atoms with Crippen molar-refractivity contribution in [2.24, 2.45) is 0 Å². The van der Waals surface area contributed by atoms with E-state index in [9.17, 15) is 4.79 Å². The lowest BCUT2D eigenvalue weighted by Gasteiger charge is -2.33. The highest BCUT2D eigenvalue weighted by atomic mass is 16.6. The summed E-state index contributed by atoms with van der Waals surface area (Å²) in [5, 5.41) is 6.04. The Kier molecular flexibility index (Phi) is 5.47. The van der Waals surface area contributed by atoms with Gasteiger partial charge in [0.05, 0.1) is 18.3 Å².